The number of carboxylic acids is 1. The number of aryl methyl sites for hydroxylation is 1. The van der Waals surface area contributed by atoms with E-state index in [0.29, 0.717) is 11.3 Å². The van der Waals surface area contributed by atoms with Gasteiger partial charge in [0.05, 0.1) is 5.56 Å². The molecule has 0 aromatic heterocycles. The Labute approximate surface area is 77.4 Å². The van der Waals surface area contributed by atoms with Crippen molar-refractivity contribution in [1.29, 1.82) is 0 Å². The number of hydrogen-bond acceptors (Lipinski definition) is 2. The van der Waals surface area contributed by atoms with Crippen molar-refractivity contribution >= 4 is 11.7 Å². The summed E-state index contributed by atoms with van der Waals surface area (Å²) in [7, 11) is 1.72. The van der Waals surface area contributed by atoms with Crippen LogP contribution in [0.3, 0.4) is 0 Å². The summed E-state index contributed by atoms with van der Waals surface area (Å²) in [4.78, 5) is 10.8. The van der Waals surface area contributed by atoms with Gasteiger partial charge in [0.15, 0.2) is 0 Å². The Morgan fingerprint density at radius 3 is 2.69 bits per heavy atom. The van der Waals surface area contributed by atoms with E-state index in [1.54, 1.807) is 19.2 Å². The molecule has 0 fully saturated rings. The summed E-state index contributed by atoms with van der Waals surface area (Å²) in [6.45, 7) is 2.00. The van der Waals surface area contributed by atoms with Crippen LogP contribution in [-0.4, -0.2) is 18.1 Å². The van der Waals surface area contributed by atoms with Gasteiger partial charge in [-0.15, -0.1) is 0 Å². The van der Waals surface area contributed by atoms with Gasteiger partial charge in [0.25, 0.3) is 0 Å². The molecule has 0 saturated carbocycles. The van der Waals surface area contributed by atoms with Crippen LogP contribution >= 0.6 is 0 Å². The van der Waals surface area contributed by atoms with Gasteiger partial charge in [-0.25, -0.2) is 4.79 Å². The normalized spacial score (nSPS) is 9.69. The topological polar surface area (TPSA) is 49.3 Å². The van der Waals surface area contributed by atoms with Gasteiger partial charge < -0.3 is 10.4 Å². The predicted octanol–water partition coefficient (Wildman–Crippen LogP) is 1.99. The molecule has 1 rings (SSSR count). The highest BCUT2D eigenvalue weighted by Crippen LogP contribution is 2.17. The van der Waals surface area contributed by atoms with Crippen LogP contribution in [0.2, 0.25) is 0 Å². The van der Waals surface area contributed by atoms with Gasteiger partial charge in [0.2, 0.25) is 0 Å². The second-order valence-corrected chi connectivity index (χ2v) is 2.79. The van der Waals surface area contributed by atoms with Crippen LogP contribution in [0.1, 0.15) is 22.8 Å². The molecule has 2 N–H and O–H groups in total. The number of carbonyl (C=O) groups is 1. The van der Waals surface area contributed by atoms with Gasteiger partial charge in [0.1, 0.15) is 0 Å². The zero-order valence-electron chi connectivity index (χ0n) is 7.79. The maximum absolute atomic E-state index is 10.8. The van der Waals surface area contributed by atoms with E-state index in [-0.39, 0.29) is 0 Å². The van der Waals surface area contributed by atoms with E-state index in [2.05, 4.69) is 5.32 Å². The highest BCUT2D eigenvalue weighted by atomic mass is 16.4. The molecule has 0 radical (unpaired) electrons. The van der Waals surface area contributed by atoms with Gasteiger partial charge in [-0.2, -0.15) is 0 Å². The van der Waals surface area contributed by atoms with Crippen LogP contribution in [0, 0.1) is 0 Å². The second kappa shape index (κ2) is 3.94. The molecule has 0 aliphatic rings. The van der Waals surface area contributed by atoms with Crippen molar-refractivity contribution in [2.45, 2.75) is 13.3 Å². The summed E-state index contributed by atoms with van der Waals surface area (Å²) < 4.78 is 0. The third kappa shape index (κ3) is 1.99. The first-order chi connectivity index (χ1) is 6.19. The molecule has 70 valence electrons. The number of benzene rings is 1. The lowest BCUT2D eigenvalue weighted by Gasteiger charge is -2.06. The number of nitrogens with one attached hydrogen (secondary N) is 1. The molecule has 3 nitrogen and oxygen atoms in total. The number of anilines is 1. The minimum absolute atomic E-state index is 0.335. The van der Waals surface area contributed by atoms with Crippen LogP contribution in [-0.2, 0) is 6.42 Å². The van der Waals surface area contributed by atoms with Gasteiger partial charge in [0, 0.05) is 12.7 Å². The van der Waals surface area contributed by atoms with Gasteiger partial charge in [-0.3, -0.25) is 0 Å². The average molecular weight is 179 g/mol. The van der Waals surface area contributed by atoms with Crippen molar-refractivity contribution in [2.75, 3.05) is 12.4 Å². The van der Waals surface area contributed by atoms with Crippen molar-refractivity contribution < 1.29 is 9.90 Å². The zero-order valence-corrected chi connectivity index (χ0v) is 7.79. The van der Waals surface area contributed by atoms with Crippen LogP contribution in [0.4, 0.5) is 5.69 Å². The first kappa shape index (κ1) is 9.58. The molecular weight excluding hydrogens is 166 g/mol. The van der Waals surface area contributed by atoms with E-state index in [9.17, 15) is 4.79 Å². The van der Waals surface area contributed by atoms with Gasteiger partial charge in [-0.1, -0.05) is 13.0 Å². The number of aromatic carboxylic acids is 1. The fourth-order valence-corrected chi connectivity index (χ4v) is 1.21. The molecule has 0 heterocycles. The minimum atomic E-state index is -0.889. The van der Waals surface area contributed by atoms with E-state index in [1.807, 2.05) is 13.0 Å². The molecule has 0 aliphatic carbocycles. The van der Waals surface area contributed by atoms with E-state index >= 15 is 0 Å². The summed E-state index contributed by atoms with van der Waals surface area (Å²) >= 11 is 0. The van der Waals surface area contributed by atoms with Crippen molar-refractivity contribution in [2.24, 2.45) is 0 Å². The van der Waals surface area contributed by atoms with Crippen molar-refractivity contribution in [3.8, 4) is 0 Å². The molecular formula is C10H13NO2. The molecule has 1 aromatic rings. The highest BCUT2D eigenvalue weighted by molar-refractivity contribution is 5.94. The zero-order chi connectivity index (χ0) is 9.84. The number of rotatable bonds is 3. The van der Waals surface area contributed by atoms with E-state index < -0.39 is 5.97 Å². The molecule has 0 spiro atoms. The summed E-state index contributed by atoms with van der Waals surface area (Å²) in [6, 6.07) is 5.43. The molecule has 13 heavy (non-hydrogen) atoms. The quantitative estimate of drug-likeness (QED) is 0.746. The summed E-state index contributed by atoms with van der Waals surface area (Å²) in [6.07, 6.45) is 0.851. The van der Waals surface area contributed by atoms with Crippen molar-refractivity contribution in [1.82, 2.24) is 0 Å². The SMILES string of the molecule is CCc1ccc(NC)c(C(=O)O)c1. The maximum Gasteiger partial charge on any atom is 0.337 e. The smallest absolute Gasteiger partial charge is 0.337 e. The Balaban J connectivity index is 3.18. The summed E-state index contributed by atoms with van der Waals surface area (Å²) in [5, 5.41) is 11.7. The monoisotopic (exact) mass is 179 g/mol. The van der Waals surface area contributed by atoms with Gasteiger partial charge in [-0.05, 0) is 24.1 Å². The minimum Gasteiger partial charge on any atom is -0.478 e. The third-order valence-corrected chi connectivity index (χ3v) is 1.99. The molecule has 0 atom stereocenters. The highest BCUT2D eigenvalue weighted by Gasteiger charge is 2.08. The average Bonchev–Trinajstić information content (AvgIpc) is 2.16. The molecule has 0 saturated heterocycles. The molecule has 0 bridgehead atoms. The number of carboxylic acid groups (broad SMARTS) is 1. The maximum atomic E-state index is 10.8. The third-order valence-electron chi connectivity index (χ3n) is 1.99. The Morgan fingerprint density at radius 2 is 2.23 bits per heavy atom. The van der Waals surface area contributed by atoms with Crippen LogP contribution in [0.15, 0.2) is 18.2 Å². The van der Waals surface area contributed by atoms with Crippen molar-refractivity contribution in [3.63, 3.8) is 0 Å². The molecule has 3 heteroatoms. The molecule has 0 unspecified atom stereocenters. The van der Waals surface area contributed by atoms with Gasteiger partial charge >= 0.3 is 5.97 Å². The molecule has 0 amide bonds. The Hall–Kier alpha value is -1.51. The van der Waals surface area contributed by atoms with Crippen LogP contribution in [0.5, 0.6) is 0 Å². The van der Waals surface area contributed by atoms with Crippen LogP contribution < -0.4 is 5.32 Å². The second-order valence-electron chi connectivity index (χ2n) is 2.79. The standard InChI is InChI=1S/C10H13NO2/c1-3-7-4-5-9(11-2)8(6-7)10(12)13/h4-6,11H,3H2,1-2H3,(H,12,13). The predicted molar refractivity (Wildman–Crippen MR) is 52.3 cm³/mol. The fraction of sp³-hybridized carbons (Fsp3) is 0.300. The van der Waals surface area contributed by atoms with E-state index in [0.717, 1.165) is 12.0 Å². The molecule has 1 aromatic carbocycles. The lowest BCUT2D eigenvalue weighted by atomic mass is 10.1. The van der Waals surface area contributed by atoms with E-state index in [4.69, 9.17) is 5.11 Å². The van der Waals surface area contributed by atoms with Crippen molar-refractivity contribution in [3.05, 3.63) is 29.3 Å². The number of hydrogen-bond donors (Lipinski definition) is 2. The van der Waals surface area contributed by atoms with Crippen LogP contribution in [0.25, 0.3) is 0 Å². The van der Waals surface area contributed by atoms with E-state index in [1.165, 1.54) is 0 Å². The first-order valence-electron chi connectivity index (χ1n) is 4.23. The lowest BCUT2D eigenvalue weighted by molar-refractivity contribution is 0.0698. The molecule has 0 aliphatic heterocycles. The summed E-state index contributed by atoms with van der Waals surface area (Å²) in [5.41, 5.74) is 2.03. The Kier molecular flexibility index (Phi) is 2.90. The Morgan fingerprint density at radius 1 is 1.54 bits per heavy atom. The largest absolute Gasteiger partial charge is 0.478 e. The summed E-state index contributed by atoms with van der Waals surface area (Å²) in [5.74, 6) is -0.889. The fourth-order valence-electron chi connectivity index (χ4n) is 1.21. The Bertz CT molecular complexity index is 321. The first-order valence-corrected chi connectivity index (χ1v) is 4.23. The lowest BCUT2D eigenvalue weighted by Crippen LogP contribution is -2.03.